The summed E-state index contributed by atoms with van der Waals surface area (Å²) in [4.78, 5) is 20.7. The quantitative estimate of drug-likeness (QED) is 0.602. The van der Waals surface area contributed by atoms with E-state index in [-0.39, 0.29) is 5.97 Å². The van der Waals surface area contributed by atoms with Gasteiger partial charge >= 0.3 is 5.97 Å². The molecular formula is C19H23ClN2O2. The summed E-state index contributed by atoms with van der Waals surface area (Å²) in [6.07, 6.45) is 8.26. The summed E-state index contributed by atoms with van der Waals surface area (Å²) >= 11 is 5.85. The lowest BCUT2D eigenvalue weighted by molar-refractivity contribution is -0.134. The summed E-state index contributed by atoms with van der Waals surface area (Å²) in [6.45, 7) is 6.98. The van der Waals surface area contributed by atoms with Crippen molar-refractivity contribution in [3.05, 3.63) is 52.8 Å². The van der Waals surface area contributed by atoms with Gasteiger partial charge in [-0.05, 0) is 55.9 Å². The molecule has 2 rings (SSSR count). The van der Waals surface area contributed by atoms with Gasteiger partial charge in [0.15, 0.2) is 0 Å². The first-order valence-corrected chi connectivity index (χ1v) is 8.68. The molecule has 4 nitrogen and oxygen atoms in total. The summed E-state index contributed by atoms with van der Waals surface area (Å²) in [5, 5.41) is 0.464. The van der Waals surface area contributed by atoms with E-state index in [0.29, 0.717) is 30.4 Å². The zero-order valence-electron chi connectivity index (χ0n) is 14.1. The first-order valence-electron chi connectivity index (χ1n) is 8.31. The zero-order chi connectivity index (χ0) is 17.4. The lowest BCUT2D eigenvalue weighted by Gasteiger charge is -2.14. The number of halogens is 1. The predicted molar refractivity (Wildman–Crippen MR) is 97.6 cm³/mol. The number of aromatic nitrogens is 1. The molecule has 24 heavy (non-hydrogen) atoms. The summed E-state index contributed by atoms with van der Waals surface area (Å²) < 4.78 is 5.13. The minimum atomic E-state index is -0.377. The van der Waals surface area contributed by atoms with Crippen molar-refractivity contribution >= 4 is 23.3 Å². The molecule has 0 saturated carbocycles. The third kappa shape index (κ3) is 5.60. The molecule has 1 aromatic heterocycles. The largest absolute Gasteiger partial charge is 0.461 e. The second kappa shape index (κ2) is 9.38. The number of hydrogen-bond donors (Lipinski definition) is 0. The number of aliphatic imine (C=N–C) groups is 1. The second-order valence-electron chi connectivity index (χ2n) is 5.74. The van der Waals surface area contributed by atoms with Crippen molar-refractivity contribution in [3.63, 3.8) is 0 Å². The van der Waals surface area contributed by atoms with Crippen molar-refractivity contribution in [1.82, 2.24) is 4.98 Å². The smallest absolute Gasteiger partial charge is 0.356 e. The van der Waals surface area contributed by atoms with E-state index in [1.165, 1.54) is 0 Å². The molecule has 0 aromatic carbocycles. The Hall–Kier alpha value is -1.94. The van der Waals surface area contributed by atoms with Crippen LogP contribution in [-0.2, 0) is 16.0 Å². The minimum Gasteiger partial charge on any atom is -0.461 e. The maximum atomic E-state index is 12.2. The molecule has 2 heterocycles. The summed E-state index contributed by atoms with van der Waals surface area (Å²) in [5.41, 5.74) is 3.42. The molecule has 0 atom stereocenters. The molecule has 0 radical (unpaired) electrons. The monoisotopic (exact) mass is 346 g/mol. The van der Waals surface area contributed by atoms with Gasteiger partial charge in [0.25, 0.3) is 0 Å². The highest BCUT2D eigenvalue weighted by Crippen LogP contribution is 2.22. The number of carbonyl (C=O) groups excluding carboxylic acids is 1. The van der Waals surface area contributed by atoms with Crippen molar-refractivity contribution in [3.8, 4) is 0 Å². The first kappa shape index (κ1) is 18.4. The van der Waals surface area contributed by atoms with Crippen molar-refractivity contribution in [2.45, 2.75) is 39.0 Å². The molecule has 0 saturated heterocycles. The standard InChI is InChI=1S/C19H23ClN2O2/c1-3-24-19(23)17-12-16(11-15-8-9-18(20)22-13-15)14(2)7-5-4-6-10-21-17/h8-9,12-13H,2-7,10-11H2,1H3/b16-12-,21-17+. The summed E-state index contributed by atoms with van der Waals surface area (Å²) in [5.74, 6) is -0.377. The number of esters is 1. The van der Waals surface area contributed by atoms with Crippen LogP contribution in [0.1, 0.15) is 38.2 Å². The highest BCUT2D eigenvalue weighted by Gasteiger charge is 2.14. The molecule has 1 aliphatic heterocycles. The molecule has 0 unspecified atom stereocenters. The zero-order valence-corrected chi connectivity index (χ0v) is 14.8. The number of rotatable bonds is 4. The summed E-state index contributed by atoms with van der Waals surface area (Å²) in [7, 11) is 0. The number of nitrogens with zero attached hydrogens (tertiary/aromatic N) is 2. The number of carbonyl (C=O) groups is 1. The van der Waals surface area contributed by atoms with E-state index < -0.39 is 0 Å². The first-order chi connectivity index (χ1) is 11.6. The fourth-order valence-corrected chi connectivity index (χ4v) is 2.65. The van der Waals surface area contributed by atoms with Gasteiger partial charge in [-0.25, -0.2) is 9.78 Å². The van der Waals surface area contributed by atoms with Gasteiger partial charge in [-0.1, -0.05) is 36.2 Å². The van der Waals surface area contributed by atoms with Crippen LogP contribution in [0.2, 0.25) is 5.15 Å². The van der Waals surface area contributed by atoms with E-state index >= 15 is 0 Å². The number of pyridine rings is 1. The van der Waals surface area contributed by atoms with Gasteiger partial charge in [0.05, 0.1) is 6.61 Å². The molecular weight excluding hydrogens is 324 g/mol. The van der Waals surface area contributed by atoms with Crippen molar-refractivity contribution < 1.29 is 9.53 Å². The molecule has 128 valence electrons. The average molecular weight is 347 g/mol. The van der Waals surface area contributed by atoms with Crippen LogP contribution in [0.25, 0.3) is 0 Å². The minimum absolute atomic E-state index is 0.336. The van der Waals surface area contributed by atoms with E-state index in [4.69, 9.17) is 16.3 Å². The number of hydrogen-bond acceptors (Lipinski definition) is 4. The van der Waals surface area contributed by atoms with E-state index in [1.54, 1.807) is 19.2 Å². The fourth-order valence-electron chi connectivity index (χ4n) is 2.54. The topological polar surface area (TPSA) is 51.5 Å². The van der Waals surface area contributed by atoms with E-state index in [2.05, 4.69) is 16.6 Å². The van der Waals surface area contributed by atoms with Crippen LogP contribution in [0.4, 0.5) is 0 Å². The summed E-state index contributed by atoms with van der Waals surface area (Å²) in [6, 6.07) is 3.70. The Balaban J connectivity index is 2.31. The number of allylic oxidation sites excluding steroid dienone is 2. The predicted octanol–water partition coefficient (Wildman–Crippen LogP) is 4.34. The molecule has 5 heteroatoms. The third-order valence-corrected chi connectivity index (χ3v) is 4.08. The van der Waals surface area contributed by atoms with Gasteiger partial charge in [0, 0.05) is 12.7 Å². The molecule has 0 spiro atoms. The Bertz CT molecular complexity index is 648. The lowest BCUT2D eigenvalue weighted by Crippen LogP contribution is -2.17. The Labute approximate surface area is 148 Å². The van der Waals surface area contributed by atoms with Gasteiger partial charge in [-0.2, -0.15) is 0 Å². The third-order valence-electron chi connectivity index (χ3n) is 3.85. The van der Waals surface area contributed by atoms with Crippen LogP contribution in [-0.4, -0.2) is 29.8 Å². The molecule has 1 aliphatic rings. The van der Waals surface area contributed by atoms with Crippen molar-refractivity contribution in [2.24, 2.45) is 4.99 Å². The van der Waals surface area contributed by atoms with Crippen molar-refractivity contribution in [1.29, 1.82) is 0 Å². The Morgan fingerprint density at radius 1 is 1.33 bits per heavy atom. The Kier molecular flexibility index (Phi) is 7.19. The van der Waals surface area contributed by atoms with Gasteiger partial charge in [0.1, 0.15) is 10.9 Å². The molecule has 0 aliphatic carbocycles. The van der Waals surface area contributed by atoms with Crippen molar-refractivity contribution in [2.75, 3.05) is 13.2 Å². The van der Waals surface area contributed by atoms with E-state index in [1.807, 2.05) is 12.1 Å². The number of ether oxygens (including phenoxy) is 1. The van der Waals surface area contributed by atoms with Crippen LogP contribution in [0.3, 0.4) is 0 Å². The van der Waals surface area contributed by atoms with Gasteiger partial charge in [-0.15, -0.1) is 0 Å². The molecule has 0 bridgehead atoms. The van der Waals surface area contributed by atoms with Crippen LogP contribution >= 0.6 is 11.6 Å². The van der Waals surface area contributed by atoms with E-state index in [9.17, 15) is 4.79 Å². The average Bonchev–Trinajstić information content (AvgIpc) is 2.57. The van der Waals surface area contributed by atoms with Gasteiger partial charge in [0.2, 0.25) is 0 Å². The molecule has 0 fully saturated rings. The lowest BCUT2D eigenvalue weighted by atomic mass is 9.94. The van der Waals surface area contributed by atoms with Gasteiger partial charge < -0.3 is 4.74 Å². The Morgan fingerprint density at radius 3 is 2.88 bits per heavy atom. The molecule has 0 N–H and O–H groups in total. The van der Waals surface area contributed by atoms with E-state index in [0.717, 1.165) is 42.4 Å². The van der Waals surface area contributed by atoms with Crippen LogP contribution < -0.4 is 0 Å². The normalized spacial score (nSPS) is 20.5. The fraction of sp³-hybridized carbons (Fsp3) is 0.421. The maximum absolute atomic E-state index is 12.2. The SMILES string of the molecule is C=C1CCCCC/N=C(C(=O)OCC)\C=C/1Cc1ccc(Cl)nc1. The van der Waals surface area contributed by atoms with Crippen LogP contribution in [0.15, 0.2) is 47.1 Å². The highest BCUT2D eigenvalue weighted by atomic mass is 35.5. The Morgan fingerprint density at radius 2 is 2.17 bits per heavy atom. The maximum Gasteiger partial charge on any atom is 0.356 e. The second-order valence-corrected chi connectivity index (χ2v) is 6.12. The highest BCUT2D eigenvalue weighted by molar-refractivity contribution is 6.41. The van der Waals surface area contributed by atoms with Crippen LogP contribution in [0.5, 0.6) is 0 Å². The molecule has 1 aromatic rings. The van der Waals surface area contributed by atoms with Gasteiger partial charge in [-0.3, -0.25) is 4.99 Å². The van der Waals surface area contributed by atoms with Crippen LogP contribution in [0, 0.1) is 0 Å². The molecule has 0 amide bonds.